The standard InChI is InChI=1S/C13H20BrFN2O/c1-9(3-2-6-18)17-13(8-16)11-7-10(14)4-5-12(11)15/h4-5,7,9,13,17-18H,2-3,6,8,16H2,1H3. The van der Waals surface area contributed by atoms with Gasteiger partial charge in [-0.2, -0.15) is 0 Å². The molecule has 0 saturated heterocycles. The van der Waals surface area contributed by atoms with E-state index < -0.39 is 0 Å². The minimum absolute atomic E-state index is 0.171. The van der Waals surface area contributed by atoms with E-state index >= 15 is 0 Å². The number of benzene rings is 1. The molecule has 0 saturated carbocycles. The molecule has 0 heterocycles. The highest BCUT2D eigenvalue weighted by molar-refractivity contribution is 9.10. The second kappa shape index (κ2) is 7.84. The Morgan fingerprint density at radius 3 is 2.83 bits per heavy atom. The van der Waals surface area contributed by atoms with Crippen LogP contribution in [-0.4, -0.2) is 24.3 Å². The van der Waals surface area contributed by atoms with Gasteiger partial charge in [0.2, 0.25) is 0 Å². The molecule has 2 atom stereocenters. The molecule has 1 rings (SSSR count). The summed E-state index contributed by atoms with van der Waals surface area (Å²) >= 11 is 3.33. The Hall–Kier alpha value is -0.490. The molecule has 0 radical (unpaired) electrons. The lowest BCUT2D eigenvalue weighted by atomic mass is 10.0. The summed E-state index contributed by atoms with van der Waals surface area (Å²) in [6.07, 6.45) is 1.56. The zero-order valence-electron chi connectivity index (χ0n) is 10.5. The average molecular weight is 319 g/mol. The molecule has 1 aromatic carbocycles. The van der Waals surface area contributed by atoms with Crippen LogP contribution in [0.4, 0.5) is 4.39 Å². The maximum absolute atomic E-state index is 13.8. The monoisotopic (exact) mass is 318 g/mol. The van der Waals surface area contributed by atoms with Crippen LogP contribution in [0, 0.1) is 5.82 Å². The fraction of sp³-hybridized carbons (Fsp3) is 0.538. The Morgan fingerprint density at radius 1 is 1.50 bits per heavy atom. The lowest BCUT2D eigenvalue weighted by molar-refractivity contribution is 0.273. The zero-order chi connectivity index (χ0) is 13.5. The fourth-order valence-corrected chi connectivity index (χ4v) is 2.27. The van der Waals surface area contributed by atoms with Crippen LogP contribution in [0.2, 0.25) is 0 Å². The molecular weight excluding hydrogens is 299 g/mol. The van der Waals surface area contributed by atoms with Crippen molar-refractivity contribution in [1.82, 2.24) is 5.32 Å². The van der Waals surface area contributed by atoms with Crippen molar-refractivity contribution in [2.75, 3.05) is 13.2 Å². The number of hydrogen-bond donors (Lipinski definition) is 3. The molecule has 102 valence electrons. The van der Waals surface area contributed by atoms with Crippen molar-refractivity contribution in [3.05, 3.63) is 34.1 Å². The van der Waals surface area contributed by atoms with Crippen LogP contribution >= 0.6 is 15.9 Å². The third-order valence-electron chi connectivity index (χ3n) is 2.85. The first-order chi connectivity index (χ1) is 8.58. The minimum atomic E-state index is -0.254. The number of rotatable bonds is 7. The number of aliphatic hydroxyl groups excluding tert-OH is 1. The van der Waals surface area contributed by atoms with Crippen molar-refractivity contribution in [3.8, 4) is 0 Å². The molecular formula is C13H20BrFN2O. The van der Waals surface area contributed by atoms with Gasteiger partial charge in [-0.25, -0.2) is 4.39 Å². The molecule has 4 N–H and O–H groups in total. The van der Waals surface area contributed by atoms with E-state index in [1.165, 1.54) is 6.07 Å². The Kier molecular flexibility index (Phi) is 6.78. The predicted molar refractivity (Wildman–Crippen MR) is 74.8 cm³/mol. The largest absolute Gasteiger partial charge is 0.396 e. The van der Waals surface area contributed by atoms with Crippen molar-refractivity contribution in [2.45, 2.75) is 31.8 Å². The number of halogens is 2. The first kappa shape index (κ1) is 15.6. The molecule has 5 heteroatoms. The van der Waals surface area contributed by atoms with Gasteiger partial charge >= 0.3 is 0 Å². The van der Waals surface area contributed by atoms with Crippen molar-refractivity contribution in [2.24, 2.45) is 5.73 Å². The topological polar surface area (TPSA) is 58.3 Å². The van der Waals surface area contributed by atoms with E-state index in [4.69, 9.17) is 10.8 Å². The number of hydrogen-bond acceptors (Lipinski definition) is 3. The molecule has 0 bridgehead atoms. The van der Waals surface area contributed by atoms with Crippen molar-refractivity contribution >= 4 is 15.9 Å². The molecule has 3 nitrogen and oxygen atoms in total. The van der Waals surface area contributed by atoms with Crippen LogP contribution in [0.25, 0.3) is 0 Å². The molecule has 0 aliphatic heterocycles. The van der Waals surface area contributed by atoms with Crippen molar-refractivity contribution in [3.63, 3.8) is 0 Å². The summed E-state index contributed by atoms with van der Waals surface area (Å²) in [5, 5.41) is 12.1. The third-order valence-corrected chi connectivity index (χ3v) is 3.34. The lowest BCUT2D eigenvalue weighted by Crippen LogP contribution is -2.35. The van der Waals surface area contributed by atoms with Crippen molar-refractivity contribution in [1.29, 1.82) is 0 Å². The van der Waals surface area contributed by atoms with Gasteiger partial charge in [-0.3, -0.25) is 0 Å². The molecule has 0 amide bonds. The lowest BCUT2D eigenvalue weighted by Gasteiger charge is -2.23. The van der Waals surface area contributed by atoms with Gasteiger partial charge in [0, 0.05) is 35.3 Å². The molecule has 18 heavy (non-hydrogen) atoms. The Bertz CT molecular complexity index is 376. The summed E-state index contributed by atoms with van der Waals surface area (Å²) in [6, 6.07) is 4.82. The Morgan fingerprint density at radius 2 is 2.22 bits per heavy atom. The second-order valence-corrected chi connectivity index (χ2v) is 5.30. The smallest absolute Gasteiger partial charge is 0.128 e. The van der Waals surface area contributed by atoms with Gasteiger partial charge in [-0.1, -0.05) is 15.9 Å². The first-order valence-corrected chi connectivity index (χ1v) is 6.89. The predicted octanol–water partition coefficient (Wildman–Crippen LogP) is 2.34. The van der Waals surface area contributed by atoms with Crippen LogP contribution in [0.3, 0.4) is 0 Å². The van der Waals surface area contributed by atoms with Gasteiger partial charge in [0.1, 0.15) is 5.82 Å². The molecule has 0 aromatic heterocycles. The summed E-state index contributed by atoms with van der Waals surface area (Å²) in [6.45, 7) is 2.51. The molecule has 0 aliphatic carbocycles. The third kappa shape index (κ3) is 4.65. The number of nitrogens with one attached hydrogen (secondary N) is 1. The normalized spacial score (nSPS) is 14.5. The Balaban J connectivity index is 2.73. The van der Waals surface area contributed by atoms with E-state index in [0.717, 1.165) is 17.3 Å². The second-order valence-electron chi connectivity index (χ2n) is 4.39. The first-order valence-electron chi connectivity index (χ1n) is 6.10. The highest BCUT2D eigenvalue weighted by atomic mass is 79.9. The van der Waals surface area contributed by atoms with Crippen LogP contribution in [0.5, 0.6) is 0 Å². The maximum Gasteiger partial charge on any atom is 0.128 e. The summed E-state index contributed by atoms with van der Waals surface area (Å²) in [4.78, 5) is 0. The molecule has 1 aromatic rings. The quantitative estimate of drug-likeness (QED) is 0.723. The van der Waals surface area contributed by atoms with Crippen LogP contribution < -0.4 is 11.1 Å². The van der Waals surface area contributed by atoms with Gasteiger partial charge in [-0.05, 0) is 38.0 Å². The molecule has 0 spiro atoms. The van der Waals surface area contributed by atoms with Crippen molar-refractivity contribution < 1.29 is 9.50 Å². The summed E-state index contributed by atoms with van der Waals surface area (Å²) in [7, 11) is 0. The van der Waals surface area contributed by atoms with E-state index in [1.807, 2.05) is 6.92 Å². The highest BCUT2D eigenvalue weighted by Gasteiger charge is 2.16. The van der Waals surface area contributed by atoms with E-state index in [2.05, 4.69) is 21.2 Å². The highest BCUT2D eigenvalue weighted by Crippen LogP contribution is 2.22. The molecule has 2 unspecified atom stereocenters. The molecule has 0 aliphatic rings. The fourth-order valence-electron chi connectivity index (χ4n) is 1.89. The average Bonchev–Trinajstić information content (AvgIpc) is 2.36. The van der Waals surface area contributed by atoms with Gasteiger partial charge in [0.25, 0.3) is 0 Å². The van der Waals surface area contributed by atoms with Gasteiger partial charge in [0.05, 0.1) is 0 Å². The Labute approximate surface area is 116 Å². The SMILES string of the molecule is CC(CCCO)NC(CN)c1cc(Br)ccc1F. The van der Waals surface area contributed by atoms with Crippen LogP contribution in [0.15, 0.2) is 22.7 Å². The van der Waals surface area contributed by atoms with E-state index in [-0.39, 0.29) is 24.5 Å². The number of aliphatic hydroxyl groups is 1. The van der Waals surface area contributed by atoms with E-state index in [9.17, 15) is 4.39 Å². The zero-order valence-corrected chi connectivity index (χ0v) is 12.1. The van der Waals surface area contributed by atoms with Gasteiger partial charge < -0.3 is 16.2 Å². The van der Waals surface area contributed by atoms with E-state index in [0.29, 0.717) is 12.1 Å². The van der Waals surface area contributed by atoms with Crippen LogP contribution in [0.1, 0.15) is 31.4 Å². The summed E-state index contributed by atoms with van der Waals surface area (Å²) in [5.74, 6) is -0.254. The maximum atomic E-state index is 13.8. The molecule has 0 fully saturated rings. The van der Waals surface area contributed by atoms with Gasteiger partial charge in [-0.15, -0.1) is 0 Å². The summed E-state index contributed by atoms with van der Waals surface area (Å²) < 4.78 is 14.6. The number of nitrogens with two attached hydrogens (primary N) is 1. The minimum Gasteiger partial charge on any atom is -0.396 e. The summed E-state index contributed by atoms with van der Waals surface area (Å²) in [5.41, 5.74) is 6.28. The van der Waals surface area contributed by atoms with E-state index in [1.54, 1.807) is 12.1 Å². The van der Waals surface area contributed by atoms with Gasteiger partial charge in [0.15, 0.2) is 0 Å². The van der Waals surface area contributed by atoms with Crippen LogP contribution in [-0.2, 0) is 0 Å².